The van der Waals surface area contributed by atoms with Crippen LogP contribution in [-0.2, 0) is 38.9 Å². The molecule has 656 valence electrons. The zero-order valence-corrected chi connectivity index (χ0v) is 77.2. The monoisotopic (exact) mass is 1690 g/mol. The topological polar surface area (TPSA) is 185 Å². The highest BCUT2D eigenvalue weighted by Crippen LogP contribution is 2.45. The van der Waals surface area contributed by atoms with Crippen molar-refractivity contribution in [3.05, 3.63) is 226 Å². The number of nitrogens with zero attached hydrogens (tertiary/aromatic N) is 2. The molecule has 11 aliphatic rings. The number of halogens is 1. The minimum Gasteiger partial charge on any atom is -0.437 e. The van der Waals surface area contributed by atoms with Gasteiger partial charge in [-0.1, -0.05) is 282 Å². The highest BCUT2D eigenvalue weighted by Gasteiger charge is 2.46. The van der Waals surface area contributed by atoms with E-state index in [1.54, 1.807) is 18.5 Å². The molecule has 5 saturated carbocycles. The van der Waals surface area contributed by atoms with Gasteiger partial charge in [0.1, 0.15) is 11.6 Å². The van der Waals surface area contributed by atoms with E-state index < -0.39 is 11.4 Å². The van der Waals surface area contributed by atoms with Crippen LogP contribution in [0.3, 0.4) is 0 Å². The average Bonchev–Trinajstić information content (AvgIpc) is 1.42. The lowest BCUT2D eigenvalue weighted by molar-refractivity contribution is -0.204. The third kappa shape index (κ3) is 38.3. The van der Waals surface area contributed by atoms with Crippen LogP contribution in [0, 0.1) is 5.92 Å². The summed E-state index contributed by atoms with van der Waals surface area (Å²) in [5, 5.41) is 25.8. The van der Waals surface area contributed by atoms with Gasteiger partial charge in [0.25, 0.3) is 0 Å². The Balaban J connectivity index is 0.000000282. The highest BCUT2D eigenvalue weighted by molar-refractivity contribution is 9.10. The van der Waals surface area contributed by atoms with E-state index in [9.17, 15) is 19.5 Å². The Bertz CT molecular complexity index is 3370. The van der Waals surface area contributed by atoms with E-state index in [0.29, 0.717) is 94.0 Å². The summed E-state index contributed by atoms with van der Waals surface area (Å²) in [6.07, 6.45) is 29.5. The Hall–Kier alpha value is -5.83. The van der Waals surface area contributed by atoms with Crippen LogP contribution < -0.4 is 16.3 Å². The van der Waals surface area contributed by atoms with Gasteiger partial charge >= 0.3 is 7.05 Å². The van der Waals surface area contributed by atoms with E-state index in [1.165, 1.54) is 101 Å². The predicted molar refractivity (Wildman–Crippen MR) is 500 cm³/mol. The number of benzene rings is 6. The number of likely N-dealkylation sites (tertiary alicyclic amines) is 2. The molecule has 10 fully saturated rings. The Morgan fingerprint density at radius 1 is 0.449 bits per heavy atom. The summed E-state index contributed by atoms with van der Waals surface area (Å²) in [7, 11) is -0.366. The number of nitrogens with two attached hydrogens (primary N) is 1. The van der Waals surface area contributed by atoms with Crippen molar-refractivity contribution in [3.8, 4) is 0 Å². The predicted octanol–water partition coefficient (Wildman–Crippen LogP) is 23.1. The molecule has 118 heavy (non-hydrogen) atoms. The molecule has 6 N–H and O–H groups in total. The summed E-state index contributed by atoms with van der Waals surface area (Å²) in [4.78, 5) is 38.3. The minimum atomic E-state index is -0.707. The molecule has 6 aromatic rings. The number of hydrogen-bond acceptors (Lipinski definition) is 14. The fraction of sp³-hybridized carbons (Fsp3) is 0.598. The number of ketones is 3. The van der Waals surface area contributed by atoms with E-state index in [2.05, 4.69) is 140 Å². The zero-order chi connectivity index (χ0) is 86.2. The van der Waals surface area contributed by atoms with Crippen molar-refractivity contribution in [3.63, 3.8) is 0 Å². The first-order chi connectivity index (χ1) is 57.6. The van der Waals surface area contributed by atoms with Gasteiger partial charge in [-0.25, -0.2) is 0 Å². The van der Waals surface area contributed by atoms with Crippen LogP contribution >= 0.6 is 15.9 Å². The van der Waals surface area contributed by atoms with Crippen molar-refractivity contribution >= 4 is 40.3 Å². The van der Waals surface area contributed by atoms with E-state index in [4.69, 9.17) is 29.7 Å². The molecule has 2 spiro atoms. The van der Waals surface area contributed by atoms with Crippen molar-refractivity contribution in [2.45, 2.75) is 322 Å². The molecule has 5 aliphatic heterocycles. The smallest absolute Gasteiger partial charge is 0.373 e. The molecule has 4 unspecified atom stereocenters. The van der Waals surface area contributed by atoms with Gasteiger partial charge in [0.2, 0.25) is 0 Å². The normalized spacial score (nSPS) is 24.2. The number of carbonyl (C=O) groups is 3. The Kier molecular flexibility index (Phi) is 54.4. The van der Waals surface area contributed by atoms with Crippen molar-refractivity contribution in [2.24, 2.45) is 11.7 Å². The minimum absolute atomic E-state index is 0.257. The van der Waals surface area contributed by atoms with Crippen molar-refractivity contribution in [1.82, 2.24) is 20.3 Å². The molecule has 5 heterocycles. The molecule has 6 aliphatic carbocycles. The first-order valence-electron chi connectivity index (χ1n) is 46.5. The summed E-state index contributed by atoms with van der Waals surface area (Å²) < 4.78 is 23.4. The summed E-state index contributed by atoms with van der Waals surface area (Å²) in [6, 6.07) is 65.5. The van der Waals surface area contributed by atoms with Gasteiger partial charge < -0.3 is 50.3 Å². The quantitative estimate of drug-likeness (QED) is 0.0861. The number of rotatable bonds is 9. The van der Waals surface area contributed by atoms with Gasteiger partial charge in [-0.05, 0) is 192 Å². The average molecular weight is 1690 g/mol. The molecule has 14 nitrogen and oxygen atoms in total. The zero-order valence-electron chi connectivity index (χ0n) is 75.6. The van der Waals surface area contributed by atoms with Gasteiger partial charge in [-0.3, -0.25) is 19.3 Å². The fourth-order valence-electron chi connectivity index (χ4n) is 17.2. The molecule has 0 radical (unpaired) electrons. The van der Waals surface area contributed by atoms with Crippen LogP contribution in [-0.4, -0.2) is 146 Å². The lowest BCUT2D eigenvalue weighted by Crippen LogP contribution is -2.42. The standard InChI is InChI=1S/C17H25N.C16H24N2.C14H18O3.C12H14O.C12H12O.C8H12O3.C6H5Br.C5H13BN2O.6C2H6/c1-14-11-12-18(13-14)17-9-7-16(8-10-17)15-5-3-2-4-6-15;17-15-10-11-18(12-15)16-8-6-14(7-9-16)13-4-2-1-3-5-13;15-13(12-4-2-1-3-5-12)6-8-14(9-7-13)16-10-11-17-14;2*13-12-8-6-11(7-9-12)10-4-2-1-3-5-10;9-7-1-3-8(4-2-7)10-5-6-11-8;7-6-4-2-1-3-5-6;1-6(9)8-5-2-3-7-4-5;6*1-2/h2-6,14,16-17H,7-13H2,1H3;1-5,14-16H,6-12,17H2;1-5,15H,6-11H2;1-5,11H,6-9H2;1-6,8,11H,7,9H2;1-6H2;1-5H;5,7-9H,2-4H2,1H3;6*1-2H3. The molecule has 0 aromatic heterocycles. The van der Waals surface area contributed by atoms with E-state index >= 15 is 0 Å². The molecule has 17 rings (SSSR count). The summed E-state index contributed by atoms with van der Waals surface area (Å²) in [5.41, 5.74) is 12.1. The van der Waals surface area contributed by atoms with Crippen LogP contribution in [0.15, 0.2) is 199 Å². The second-order valence-corrected chi connectivity index (χ2v) is 32.3. The van der Waals surface area contributed by atoms with Crippen molar-refractivity contribution in [2.75, 3.05) is 65.7 Å². The number of nitrogens with one attached hydrogen (secondary N) is 2. The molecule has 5 saturated heterocycles. The lowest BCUT2D eigenvalue weighted by Gasteiger charge is -2.40. The van der Waals surface area contributed by atoms with Gasteiger partial charge in [0.15, 0.2) is 17.4 Å². The van der Waals surface area contributed by atoms with Crippen LogP contribution in [0.25, 0.3) is 0 Å². The molecule has 0 amide bonds. The van der Waals surface area contributed by atoms with Crippen LogP contribution in [0.4, 0.5) is 0 Å². The maximum Gasteiger partial charge on any atom is 0.373 e. The number of ether oxygens (including phenoxy) is 4. The van der Waals surface area contributed by atoms with Crippen molar-refractivity contribution in [1.29, 1.82) is 0 Å². The van der Waals surface area contributed by atoms with Crippen molar-refractivity contribution < 1.29 is 43.5 Å². The Morgan fingerprint density at radius 2 is 0.831 bits per heavy atom. The van der Waals surface area contributed by atoms with Gasteiger partial charge in [0, 0.05) is 119 Å². The number of aliphatic hydroxyl groups is 1. The number of Topliss-reactive ketones (excluding diaryl/α,β-unsaturated/α-hetero) is 2. The molecular weight excluding hydrogens is 1530 g/mol. The van der Waals surface area contributed by atoms with Gasteiger partial charge in [-0.2, -0.15) is 0 Å². The first-order valence-corrected chi connectivity index (χ1v) is 47.3. The maximum atomic E-state index is 11.0. The molecule has 4 atom stereocenters. The Morgan fingerprint density at radius 3 is 1.19 bits per heavy atom. The largest absolute Gasteiger partial charge is 0.437 e. The molecule has 0 bridgehead atoms. The summed E-state index contributed by atoms with van der Waals surface area (Å²) >= 11 is 3.31. The third-order valence-corrected chi connectivity index (χ3v) is 24.1. The molecule has 16 heteroatoms. The second kappa shape index (κ2) is 61.5. The fourth-order valence-corrected chi connectivity index (χ4v) is 17.5. The lowest BCUT2D eigenvalue weighted by atomic mass is 9.77. The molecular formula is C102H159BBrN5O9. The number of allylic oxidation sites excluding steroid dienone is 2. The molecule has 6 aromatic carbocycles. The summed E-state index contributed by atoms with van der Waals surface area (Å²) in [6.45, 7) is 38.0. The second-order valence-electron chi connectivity index (χ2n) is 31.3. The van der Waals surface area contributed by atoms with E-state index in [0.717, 1.165) is 124 Å². The summed E-state index contributed by atoms with van der Waals surface area (Å²) in [5.74, 6) is 3.87. The van der Waals surface area contributed by atoms with E-state index in [1.807, 2.05) is 174 Å². The maximum absolute atomic E-state index is 11.0. The highest BCUT2D eigenvalue weighted by atomic mass is 79.9. The van der Waals surface area contributed by atoms with Gasteiger partial charge in [-0.15, -0.1) is 0 Å². The third-order valence-electron chi connectivity index (χ3n) is 23.6. The van der Waals surface area contributed by atoms with E-state index in [-0.39, 0.29) is 18.6 Å². The van der Waals surface area contributed by atoms with Crippen LogP contribution in [0.2, 0.25) is 6.82 Å². The van der Waals surface area contributed by atoms with Crippen LogP contribution in [0.1, 0.15) is 302 Å². The van der Waals surface area contributed by atoms with Gasteiger partial charge in [0.05, 0.1) is 32.0 Å². The Labute approximate surface area is 725 Å². The number of hydrogen-bond donors (Lipinski definition) is 5. The first kappa shape index (κ1) is 105. The SMILES string of the molecule is Brc1ccccc1.CB(O)NC1CCNC1.CC.CC.CC.CC.CC.CC.CC1CCN(C2CCC(c3ccccc3)CC2)C1.NC1CCN(C2CCC(c3ccccc3)CC2)C1.O=C1C=CC(c2ccccc2)CC1.O=C1CCC(c2ccccc2)CC1.O=C1CCC2(CC1)OCCO2.OC1(c2ccccc2)CCC2(CC1)OCCO2. The van der Waals surface area contributed by atoms with Crippen LogP contribution in [0.5, 0.6) is 0 Å². The number of carbonyl (C=O) groups excluding carboxylic acids is 3.